The summed E-state index contributed by atoms with van der Waals surface area (Å²) in [7, 11) is 3.30. The Morgan fingerprint density at radius 3 is 2.29 bits per heavy atom. The Labute approximate surface area is 111 Å². The fraction of sp³-hybridized carbons (Fsp3) is 0.778. The molecule has 1 aliphatic heterocycles. The molecule has 0 amide bonds. The van der Waals surface area contributed by atoms with E-state index in [9.17, 15) is 0 Å². The molecule has 0 unspecified atom stereocenters. The SMILES string of the molecule is COCCN(CCOC)N1CN=C(Cl)N=C1Cl. The number of halogens is 2. The van der Waals surface area contributed by atoms with Crippen LogP contribution in [0.2, 0.25) is 0 Å². The van der Waals surface area contributed by atoms with Crippen LogP contribution in [0, 0.1) is 0 Å². The number of amidine groups is 2. The number of rotatable bonds is 7. The molecule has 1 aliphatic rings. The molecule has 0 spiro atoms. The Morgan fingerprint density at radius 2 is 1.82 bits per heavy atom. The van der Waals surface area contributed by atoms with E-state index in [0.717, 1.165) is 0 Å². The van der Waals surface area contributed by atoms with Gasteiger partial charge in [0.1, 0.15) is 6.67 Å². The van der Waals surface area contributed by atoms with Crippen LogP contribution < -0.4 is 0 Å². The van der Waals surface area contributed by atoms with Crippen molar-refractivity contribution in [2.75, 3.05) is 47.2 Å². The third-order valence-electron chi connectivity index (χ3n) is 2.18. The number of aliphatic imine (C=N–C) groups is 2. The Kier molecular flexibility index (Phi) is 6.76. The second kappa shape index (κ2) is 7.84. The van der Waals surface area contributed by atoms with Crippen molar-refractivity contribution in [2.45, 2.75) is 0 Å². The van der Waals surface area contributed by atoms with Crippen molar-refractivity contribution in [3.8, 4) is 0 Å². The van der Waals surface area contributed by atoms with E-state index in [2.05, 4.69) is 9.98 Å². The summed E-state index contributed by atoms with van der Waals surface area (Å²) < 4.78 is 10.1. The Morgan fingerprint density at radius 1 is 1.24 bits per heavy atom. The minimum Gasteiger partial charge on any atom is -0.383 e. The Bertz CT molecular complexity index is 291. The Hall–Kier alpha value is -0.400. The van der Waals surface area contributed by atoms with E-state index in [-0.39, 0.29) is 5.29 Å². The summed E-state index contributed by atoms with van der Waals surface area (Å²) in [4.78, 5) is 7.91. The smallest absolute Gasteiger partial charge is 0.222 e. The lowest BCUT2D eigenvalue weighted by Crippen LogP contribution is -2.49. The molecule has 0 aliphatic carbocycles. The van der Waals surface area contributed by atoms with Crippen LogP contribution in [0.1, 0.15) is 0 Å². The first kappa shape index (κ1) is 14.7. The molecule has 0 aromatic heterocycles. The zero-order chi connectivity index (χ0) is 12.7. The number of hydrogen-bond acceptors (Lipinski definition) is 6. The lowest BCUT2D eigenvalue weighted by Gasteiger charge is -2.34. The number of hydrogen-bond donors (Lipinski definition) is 0. The minimum absolute atomic E-state index is 0.171. The van der Waals surface area contributed by atoms with Gasteiger partial charge in [0, 0.05) is 27.3 Å². The highest BCUT2D eigenvalue weighted by atomic mass is 35.5. The highest BCUT2D eigenvalue weighted by Gasteiger charge is 2.21. The summed E-state index contributed by atoms with van der Waals surface area (Å²) in [5.74, 6) is 0. The molecule has 17 heavy (non-hydrogen) atoms. The zero-order valence-corrected chi connectivity index (χ0v) is 11.4. The average molecular weight is 283 g/mol. The second-order valence-electron chi connectivity index (χ2n) is 3.29. The highest BCUT2D eigenvalue weighted by Crippen LogP contribution is 2.10. The van der Waals surface area contributed by atoms with Crippen molar-refractivity contribution in [2.24, 2.45) is 9.98 Å². The van der Waals surface area contributed by atoms with Crippen LogP contribution in [0.5, 0.6) is 0 Å². The van der Waals surface area contributed by atoms with Gasteiger partial charge < -0.3 is 9.47 Å². The predicted octanol–water partition coefficient (Wildman–Crippen LogP) is 0.959. The van der Waals surface area contributed by atoms with Crippen molar-refractivity contribution in [3.05, 3.63) is 0 Å². The number of nitrogens with zero attached hydrogens (tertiary/aromatic N) is 4. The van der Waals surface area contributed by atoms with Crippen LogP contribution in [0.15, 0.2) is 9.98 Å². The highest BCUT2D eigenvalue weighted by molar-refractivity contribution is 6.71. The lowest BCUT2D eigenvalue weighted by molar-refractivity contribution is 0.00344. The summed E-state index contributed by atoms with van der Waals surface area (Å²) in [6.45, 7) is 2.88. The predicted molar refractivity (Wildman–Crippen MR) is 68.6 cm³/mol. The molecule has 0 radical (unpaired) electrons. The third-order valence-corrected chi connectivity index (χ3v) is 2.66. The molecule has 8 heteroatoms. The van der Waals surface area contributed by atoms with Gasteiger partial charge in [0.05, 0.1) is 13.2 Å². The molecule has 1 rings (SSSR count). The maximum absolute atomic E-state index is 6.02. The van der Waals surface area contributed by atoms with E-state index in [4.69, 9.17) is 32.7 Å². The maximum atomic E-state index is 6.02. The molecule has 6 nitrogen and oxygen atoms in total. The van der Waals surface area contributed by atoms with Crippen LogP contribution >= 0.6 is 23.2 Å². The largest absolute Gasteiger partial charge is 0.383 e. The summed E-state index contributed by atoms with van der Waals surface area (Å²) >= 11 is 11.7. The van der Waals surface area contributed by atoms with Crippen molar-refractivity contribution >= 4 is 33.8 Å². The molecule has 0 aromatic carbocycles. The molecular weight excluding hydrogens is 267 g/mol. The summed E-state index contributed by atoms with van der Waals surface area (Å²) in [5.41, 5.74) is 0. The molecule has 0 fully saturated rings. The summed E-state index contributed by atoms with van der Waals surface area (Å²) in [6, 6.07) is 0. The molecule has 98 valence electrons. The van der Waals surface area contributed by atoms with Crippen molar-refractivity contribution in [1.29, 1.82) is 0 Å². The Balaban J connectivity index is 2.60. The van der Waals surface area contributed by atoms with Crippen molar-refractivity contribution in [3.63, 3.8) is 0 Å². The molecule has 1 heterocycles. The van der Waals surface area contributed by atoms with Gasteiger partial charge in [-0.25, -0.2) is 10.0 Å². The second-order valence-corrected chi connectivity index (χ2v) is 3.96. The van der Waals surface area contributed by atoms with Gasteiger partial charge in [-0.15, -0.1) is 0 Å². The van der Waals surface area contributed by atoms with Crippen LogP contribution in [0.3, 0.4) is 0 Å². The van der Waals surface area contributed by atoms with Crippen LogP contribution in [0.4, 0.5) is 0 Å². The first-order valence-corrected chi connectivity index (χ1v) is 5.89. The molecule has 0 N–H and O–H groups in total. The standard InChI is InChI=1S/C9H16Cl2N4O2/c1-16-5-3-14(4-6-17-2)15-7-12-8(10)13-9(15)11/h3-7H2,1-2H3. The number of hydrazine groups is 1. The van der Waals surface area contributed by atoms with E-state index in [1.165, 1.54) is 0 Å². The first-order valence-electron chi connectivity index (χ1n) is 5.13. The van der Waals surface area contributed by atoms with Gasteiger partial charge in [0.25, 0.3) is 0 Å². The average Bonchev–Trinajstić information content (AvgIpc) is 2.30. The summed E-state index contributed by atoms with van der Waals surface area (Å²) in [6.07, 6.45) is 0. The van der Waals surface area contributed by atoms with Gasteiger partial charge in [-0.1, -0.05) is 0 Å². The molecular formula is C9H16Cl2N4O2. The van der Waals surface area contributed by atoms with Gasteiger partial charge in [-0.05, 0) is 23.2 Å². The van der Waals surface area contributed by atoms with Gasteiger partial charge >= 0.3 is 0 Å². The van der Waals surface area contributed by atoms with Crippen molar-refractivity contribution < 1.29 is 9.47 Å². The number of ether oxygens (including phenoxy) is 2. The molecule has 0 bridgehead atoms. The monoisotopic (exact) mass is 282 g/mol. The number of methoxy groups -OCH3 is 2. The normalized spacial score (nSPS) is 16.2. The first-order chi connectivity index (χ1) is 8.19. The van der Waals surface area contributed by atoms with E-state index in [1.807, 2.05) is 5.01 Å². The summed E-state index contributed by atoms with van der Waals surface area (Å²) in [5, 5.41) is 4.18. The van der Waals surface area contributed by atoms with Crippen molar-refractivity contribution in [1.82, 2.24) is 10.0 Å². The maximum Gasteiger partial charge on any atom is 0.222 e. The minimum atomic E-state index is 0.171. The van der Waals surface area contributed by atoms with Gasteiger partial charge in [-0.3, -0.25) is 5.01 Å². The topological polar surface area (TPSA) is 49.7 Å². The zero-order valence-electron chi connectivity index (χ0n) is 9.90. The van der Waals surface area contributed by atoms with Crippen LogP contribution in [-0.4, -0.2) is 67.8 Å². The molecule has 0 atom stereocenters. The van der Waals surface area contributed by atoms with E-state index < -0.39 is 0 Å². The van der Waals surface area contributed by atoms with E-state index in [1.54, 1.807) is 19.2 Å². The van der Waals surface area contributed by atoms with E-state index in [0.29, 0.717) is 38.3 Å². The third kappa shape index (κ3) is 4.77. The van der Waals surface area contributed by atoms with Crippen LogP contribution in [-0.2, 0) is 9.47 Å². The van der Waals surface area contributed by atoms with Gasteiger partial charge in [0.2, 0.25) is 10.6 Å². The molecule has 0 aromatic rings. The van der Waals surface area contributed by atoms with E-state index >= 15 is 0 Å². The molecule has 0 saturated carbocycles. The fourth-order valence-electron chi connectivity index (χ4n) is 1.31. The molecule has 0 saturated heterocycles. The van der Waals surface area contributed by atoms with Crippen LogP contribution in [0.25, 0.3) is 0 Å². The van der Waals surface area contributed by atoms with Gasteiger partial charge in [-0.2, -0.15) is 4.99 Å². The van der Waals surface area contributed by atoms with Gasteiger partial charge in [0.15, 0.2) is 0 Å². The lowest BCUT2D eigenvalue weighted by atomic mass is 10.5. The quantitative estimate of drug-likeness (QED) is 0.653. The fourth-order valence-corrected chi connectivity index (χ4v) is 1.72.